The SMILES string of the molecule is Cc1cc(Nc2ncc(Cl)c(Nc3cn(C)nc3S(=O)(=O)C(C)C)n2)c(OC2CC2)cc1C1CCN(C)C(=O)C1. The second-order valence-electron chi connectivity index (χ2n) is 10.8. The molecule has 0 radical (unpaired) electrons. The number of piperidine rings is 1. The molecule has 13 heteroatoms. The Bertz CT molecular complexity index is 1550. The van der Waals surface area contributed by atoms with Gasteiger partial charge in [-0.25, -0.2) is 13.4 Å². The third kappa shape index (κ3) is 5.87. The summed E-state index contributed by atoms with van der Waals surface area (Å²) in [6, 6.07) is 4.03. The first-order valence-electron chi connectivity index (χ1n) is 13.3. The summed E-state index contributed by atoms with van der Waals surface area (Å²) in [5.41, 5.74) is 3.12. The van der Waals surface area contributed by atoms with Crippen LogP contribution >= 0.6 is 11.6 Å². The molecule has 1 saturated heterocycles. The molecule has 1 aromatic carbocycles. The summed E-state index contributed by atoms with van der Waals surface area (Å²) in [5.74, 6) is 1.45. The van der Waals surface area contributed by atoms with Crippen molar-refractivity contribution in [1.29, 1.82) is 0 Å². The summed E-state index contributed by atoms with van der Waals surface area (Å²) in [7, 11) is -0.164. The molecule has 1 unspecified atom stereocenters. The van der Waals surface area contributed by atoms with Gasteiger partial charge < -0.3 is 20.3 Å². The smallest absolute Gasteiger partial charge is 0.229 e. The van der Waals surface area contributed by atoms with Gasteiger partial charge in [-0.1, -0.05) is 11.6 Å². The molecule has 40 heavy (non-hydrogen) atoms. The number of aryl methyl sites for hydroxylation is 2. The van der Waals surface area contributed by atoms with E-state index in [0.29, 0.717) is 17.9 Å². The van der Waals surface area contributed by atoms with Crippen LogP contribution in [0.3, 0.4) is 0 Å². The number of likely N-dealkylation sites (tertiary alicyclic amines) is 1. The minimum atomic E-state index is -3.65. The second kappa shape index (κ2) is 10.9. The lowest BCUT2D eigenvalue weighted by molar-refractivity contribution is -0.132. The third-order valence-corrected chi connectivity index (χ3v) is 9.57. The van der Waals surface area contributed by atoms with Crippen LogP contribution < -0.4 is 15.4 Å². The van der Waals surface area contributed by atoms with Gasteiger partial charge in [0.15, 0.2) is 5.82 Å². The van der Waals surface area contributed by atoms with Crippen molar-refractivity contribution in [1.82, 2.24) is 24.6 Å². The number of nitrogens with zero attached hydrogens (tertiary/aromatic N) is 5. The van der Waals surface area contributed by atoms with Crippen LogP contribution in [0.5, 0.6) is 5.75 Å². The van der Waals surface area contributed by atoms with E-state index in [0.717, 1.165) is 36.9 Å². The Kier molecular flexibility index (Phi) is 7.66. The zero-order valence-corrected chi connectivity index (χ0v) is 24.8. The van der Waals surface area contributed by atoms with E-state index in [9.17, 15) is 13.2 Å². The van der Waals surface area contributed by atoms with E-state index in [1.54, 1.807) is 32.0 Å². The first-order valence-corrected chi connectivity index (χ1v) is 15.2. The molecular formula is C27H34ClN7O4S. The molecule has 3 heterocycles. The van der Waals surface area contributed by atoms with Gasteiger partial charge in [-0.3, -0.25) is 9.48 Å². The maximum absolute atomic E-state index is 12.9. The highest BCUT2D eigenvalue weighted by Crippen LogP contribution is 2.40. The van der Waals surface area contributed by atoms with Gasteiger partial charge in [0.05, 0.1) is 28.9 Å². The lowest BCUT2D eigenvalue weighted by Gasteiger charge is -2.30. The topological polar surface area (TPSA) is 131 Å². The summed E-state index contributed by atoms with van der Waals surface area (Å²) in [4.78, 5) is 23.0. The molecule has 5 rings (SSSR count). The molecule has 1 aliphatic heterocycles. The van der Waals surface area contributed by atoms with Gasteiger partial charge in [0.25, 0.3) is 0 Å². The number of benzene rings is 1. The summed E-state index contributed by atoms with van der Waals surface area (Å²) in [5, 5.41) is 9.93. The zero-order chi connectivity index (χ0) is 28.8. The minimum absolute atomic E-state index is 0.0760. The highest BCUT2D eigenvalue weighted by molar-refractivity contribution is 7.92. The van der Waals surface area contributed by atoms with Crippen molar-refractivity contribution in [2.45, 2.75) is 68.8 Å². The number of anilines is 4. The molecule has 0 spiro atoms. The number of carbonyl (C=O) groups excluding carboxylic acids is 1. The molecule has 11 nitrogen and oxygen atoms in total. The maximum atomic E-state index is 12.9. The normalized spacial score (nSPS) is 17.8. The van der Waals surface area contributed by atoms with Crippen molar-refractivity contribution in [2.24, 2.45) is 7.05 Å². The van der Waals surface area contributed by atoms with Gasteiger partial charge >= 0.3 is 0 Å². The first kappa shape index (κ1) is 28.2. The van der Waals surface area contributed by atoms with Crippen molar-refractivity contribution in [3.8, 4) is 5.75 Å². The standard InChI is InChI=1S/C27H34ClN7O4S/c1-15(2)40(37,38)26-22(14-35(5)33-26)30-25-20(28)13-29-27(32-25)31-21-10-16(3)19(12-23(21)39-18-6-7-18)17-8-9-34(4)24(36)11-17/h10,12-15,17-18H,6-9,11H2,1-5H3,(H2,29,30,31,32). The largest absolute Gasteiger partial charge is 0.488 e. The molecule has 1 saturated carbocycles. The van der Waals surface area contributed by atoms with E-state index < -0.39 is 15.1 Å². The predicted molar refractivity (Wildman–Crippen MR) is 154 cm³/mol. The van der Waals surface area contributed by atoms with Crippen molar-refractivity contribution in [3.05, 3.63) is 40.7 Å². The molecule has 2 N–H and O–H groups in total. The maximum Gasteiger partial charge on any atom is 0.229 e. The van der Waals surface area contributed by atoms with E-state index in [-0.39, 0.29) is 45.4 Å². The minimum Gasteiger partial charge on any atom is -0.488 e. The van der Waals surface area contributed by atoms with E-state index in [4.69, 9.17) is 16.3 Å². The van der Waals surface area contributed by atoms with Gasteiger partial charge in [-0.2, -0.15) is 10.1 Å². The lowest BCUT2D eigenvalue weighted by Crippen LogP contribution is -2.34. The average Bonchev–Trinajstić information content (AvgIpc) is 3.63. The van der Waals surface area contributed by atoms with Gasteiger partial charge in [-0.05, 0) is 69.2 Å². The van der Waals surface area contributed by atoms with Crippen LogP contribution in [0.4, 0.5) is 23.1 Å². The molecule has 1 amide bonds. The van der Waals surface area contributed by atoms with Crippen molar-refractivity contribution in [2.75, 3.05) is 24.2 Å². The number of aromatic nitrogens is 4. The van der Waals surface area contributed by atoms with E-state index in [2.05, 4.69) is 25.7 Å². The van der Waals surface area contributed by atoms with Crippen LogP contribution in [0.1, 0.15) is 56.6 Å². The van der Waals surface area contributed by atoms with Gasteiger partial charge in [-0.15, -0.1) is 0 Å². The number of amides is 1. The molecule has 3 aromatic rings. The number of hydrogen-bond donors (Lipinski definition) is 2. The Morgan fingerprint density at radius 3 is 2.55 bits per heavy atom. The highest BCUT2D eigenvalue weighted by Gasteiger charge is 2.30. The number of carbonyl (C=O) groups is 1. The fraction of sp³-hybridized carbons (Fsp3) is 0.481. The van der Waals surface area contributed by atoms with Crippen LogP contribution in [-0.2, 0) is 21.7 Å². The molecule has 2 fully saturated rings. The second-order valence-corrected chi connectivity index (χ2v) is 13.6. The summed E-state index contributed by atoms with van der Waals surface area (Å²) in [6.07, 6.45) is 6.53. The van der Waals surface area contributed by atoms with Gasteiger partial charge in [0.2, 0.25) is 26.7 Å². The zero-order valence-electron chi connectivity index (χ0n) is 23.2. The van der Waals surface area contributed by atoms with Crippen LogP contribution in [-0.4, -0.2) is 63.9 Å². The first-order chi connectivity index (χ1) is 18.9. The quantitative estimate of drug-likeness (QED) is 0.365. The third-order valence-electron chi connectivity index (χ3n) is 7.21. The summed E-state index contributed by atoms with van der Waals surface area (Å²) >= 11 is 6.40. The average molecular weight is 588 g/mol. The number of sulfone groups is 1. The molecule has 0 bridgehead atoms. The van der Waals surface area contributed by atoms with Crippen molar-refractivity contribution < 1.29 is 17.9 Å². The summed E-state index contributed by atoms with van der Waals surface area (Å²) < 4.78 is 33.4. The van der Waals surface area contributed by atoms with Gasteiger partial charge in [0, 0.05) is 33.3 Å². The van der Waals surface area contributed by atoms with Gasteiger partial charge in [0.1, 0.15) is 10.8 Å². The molecule has 2 aromatic heterocycles. The van der Waals surface area contributed by atoms with E-state index in [1.807, 2.05) is 26.1 Å². The Labute approximate surface area is 239 Å². The Morgan fingerprint density at radius 2 is 1.88 bits per heavy atom. The van der Waals surface area contributed by atoms with Crippen molar-refractivity contribution >= 4 is 50.5 Å². The van der Waals surface area contributed by atoms with Crippen LogP contribution in [0, 0.1) is 6.92 Å². The molecule has 214 valence electrons. The number of halogens is 1. The molecule has 2 aliphatic rings. The molecule has 1 aliphatic carbocycles. The Balaban J connectivity index is 1.44. The van der Waals surface area contributed by atoms with Crippen LogP contribution in [0.2, 0.25) is 5.02 Å². The number of rotatable bonds is 9. The lowest BCUT2D eigenvalue weighted by atomic mass is 9.86. The Hall–Kier alpha value is -3.38. The molecular weight excluding hydrogens is 554 g/mol. The fourth-order valence-electron chi connectivity index (χ4n) is 4.66. The van der Waals surface area contributed by atoms with E-state index >= 15 is 0 Å². The fourth-order valence-corrected chi connectivity index (χ4v) is 5.90. The predicted octanol–water partition coefficient (Wildman–Crippen LogP) is 4.72. The van der Waals surface area contributed by atoms with E-state index in [1.165, 1.54) is 10.9 Å². The van der Waals surface area contributed by atoms with Crippen molar-refractivity contribution in [3.63, 3.8) is 0 Å². The number of hydrogen-bond acceptors (Lipinski definition) is 9. The molecule has 1 atom stereocenters. The number of nitrogens with one attached hydrogen (secondary N) is 2. The van der Waals surface area contributed by atoms with Crippen LogP contribution in [0.15, 0.2) is 29.6 Å². The Morgan fingerprint density at radius 1 is 1.12 bits per heavy atom. The number of ether oxygens (including phenoxy) is 1. The van der Waals surface area contributed by atoms with Crippen LogP contribution in [0.25, 0.3) is 0 Å². The monoisotopic (exact) mass is 587 g/mol. The summed E-state index contributed by atoms with van der Waals surface area (Å²) in [6.45, 7) is 5.96. The highest BCUT2D eigenvalue weighted by atomic mass is 35.5.